The van der Waals surface area contributed by atoms with E-state index in [1.807, 2.05) is 32.0 Å². The summed E-state index contributed by atoms with van der Waals surface area (Å²) in [5, 5.41) is 12.0. The third-order valence-electron chi connectivity index (χ3n) is 5.95. The Bertz CT molecular complexity index is 1040. The highest BCUT2D eigenvalue weighted by molar-refractivity contribution is 5.78. The first-order valence-corrected chi connectivity index (χ1v) is 12.5. The molecule has 0 aliphatic carbocycles. The molecule has 1 atom stereocenters. The quantitative estimate of drug-likeness (QED) is 0.246. The molecule has 1 unspecified atom stereocenters. The van der Waals surface area contributed by atoms with Crippen molar-refractivity contribution in [1.82, 2.24) is 14.9 Å². The van der Waals surface area contributed by atoms with Crippen molar-refractivity contribution in [2.24, 2.45) is 0 Å². The van der Waals surface area contributed by atoms with Crippen LogP contribution in [0.25, 0.3) is 0 Å². The maximum Gasteiger partial charge on any atom is 0.353 e. The molecule has 1 aromatic carbocycles. The average Bonchev–Trinajstić information content (AvgIpc) is 3.31. The molecule has 1 aliphatic heterocycles. The number of carbonyl (C=O) groups excluding carboxylic acids is 1. The third kappa shape index (κ3) is 7.51. The predicted octanol–water partition coefficient (Wildman–Crippen LogP) is 3.70. The number of carbonyl (C=O) groups is 1. The Morgan fingerprint density at radius 1 is 1.25 bits per heavy atom. The van der Waals surface area contributed by atoms with Crippen molar-refractivity contribution in [1.29, 1.82) is 0 Å². The molecule has 0 bridgehead atoms. The Morgan fingerprint density at radius 3 is 2.64 bits per heavy atom. The van der Waals surface area contributed by atoms with Crippen LogP contribution in [0.15, 0.2) is 24.3 Å². The van der Waals surface area contributed by atoms with E-state index in [9.17, 15) is 14.9 Å². The first-order valence-electron chi connectivity index (χ1n) is 12.5. The second-order valence-electron chi connectivity index (χ2n) is 9.00. The largest absolute Gasteiger partial charge is 0.465 e. The summed E-state index contributed by atoms with van der Waals surface area (Å²) in [5.41, 5.74) is 7.54. The number of nitrogens with zero attached hydrogens (tertiary/aromatic N) is 5. The zero-order chi connectivity index (χ0) is 26.1. The van der Waals surface area contributed by atoms with E-state index in [0.29, 0.717) is 0 Å². The summed E-state index contributed by atoms with van der Waals surface area (Å²) in [7, 11) is 0. The van der Waals surface area contributed by atoms with Gasteiger partial charge in [-0.05, 0) is 57.3 Å². The van der Waals surface area contributed by atoms with Crippen LogP contribution in [0, 0.1) is 10.1 Å². The Kier molecular flexibility index (Phi) is 9.80. The molecular formula is C25H36N6O5. The van der Waals surface area contributed by atoms with Crippen molar-refractivity contribution in [2.45, 2.75) is 65.6 Å². The zero-order valence-corrected chi connectivity index (χ0v) is 21.3. The standard InChI is InChI=1S/C25H36N6O5/c1-4-9-18(3)36-25-27-23(26)22(31(33)34)24(28-25)30(17-21(32)35-5-2)16-20-11-8-10-19(14-20)15-29-12-6-7-13-29/h8,10-11,14,18H,4-7,9,12-13,15-17H2,1-3H3,(H2,26,27,28). The second-order valence-corrected chi connectivity index (χ2v) is 9.00. The van der Waals surface area contributed by atoms with Crippen LogP contribution < -0.4 is 15.4 Å². The first kappa shape index (κ1) is 27.1. The molecule has 36 heavy (non-hydrogen) atoms. The van der Waals surface area contributed by atoms with Gasteiger partial charge in [-0.2, -0.15) is 9.97 Å². The van der Waals surface area contributed by atoms with Crippen molar-refractivity contribution in [3.63, 3.8) is 0 Å². The van der Waals surface area contributed by atoms with Gasteiger partial charge in [0.05, 0.1) is 17.6 Å². The van der Waals surface area contributed by atoms with Crippen LogP contribution in [-0.2, 0) is 22.6 Å². The summed E-state index contributed by atoms with van der Waals surface area (Å²) in [6, 6.07) is 7.92. The number of rotatable bonds is 13. The SMILES string of the molecule is CCCC(C)Oc1nc(N)c([N+](=O)[O-])c(N(CC(=O)OCC)Cc2cccc(CN3CCCC3)c2)n1. The highest BCUT2D eigenvalue weighted by Gasteiger charge is 2.30. The van der Waals surface area contributed by atoms with Crippen LogP contribution in [0.4, 0.5) is 17.3 Å². The van der Waals surface area contributed by atoms with Crippen LogP contribution >= 0.6 is 0 Å². The van der Waals surface area contributed by atoms with Crippen LogP contribution in [0.1, 0.15) is 57.6 Å². The van der Waals surface area contributed by atoms with E-state index in [1.54, 1.807) is 6.92 Å². The van der Waals surface area contributed by atoms with E-state index in [-0.39, 0.29) is 43.4 Å². The maximum atomic E-state index is 12.5. The third-order valence-corrected chi connectivity index (χ3v) is 5.95. The van der Waals surface area contributed by atoms with Gasteiger partial charge in [0.2, 0.25) is 11.6 Å². The number of esters is 1. The van der Waals surface area contributed by atoms with Gasteiger partial charge in [0.15, 0.2) is 0 Å². The summed E-state index contributed by atoms with van der Waals surface area (Å²) in [6.07, 6.45) is 3.84. The second kappa shape index (κ2) is 13.0. The number of hydrogen-bond acceptors (Lipinski definition) is 10. The number of ether oxygens (including phenoxy) is 2. The van der Waals surface area contributed by atoms with E-state index < -0.39 is 16.6 Å². The monoisotopic (exact) mass is 500 g/mol. The van der Waals surface area contributed by atoms with Crippen LogP contribution in [0.5, 0.6) is 6.01 Å². The average molecular weight is 501 g/mol. The van der Waals surface area contributed by atoms with E-state index in [2.05, 4.69) is 20.9 Å². The molecule has 1 saturated heterocycles. The minimum atomic E-state index is -0.633. The van der Waals surface area contributed by atoms with Gasteiger partial charge in [0.25, 0.3) is 0 Å². The van der Waals surface area contributed by atoms with Crippen molar-refractivity contribution in [3.05, 3.63) is 45.5 Å². The van der Waals surface area contributed by atoms with Gasteiger partial charge >= 0.3 is 17.7 Å². The first-order chi connectivity index (χ1) is 17.3. The molecular weight excluding hydrogens is 464 g/mol. The van der Waals surface area contributed by atoms with Crippen molar-refractivity contribution < 1.29 is 19.2 Å². The molecule has 1 fully saturated rings. The molecule has 1 aromatic heterocycles. The highest BCUT2D eigenvalue weighted by Crippen LogP contribution is 2.34. The molecule has 1 aliphatic rings. The fourth-order valence-electron chi connectivity index (χ4n) is 4.35. The lowest BCUT2D eigenvalue weighted by atomic mass is 10.1. The number of aromatic nitrogens is 2. The zero-order valence-electron chi connectivity index (χ0n) is 21.3. The van der Waals surface area contributed by atoms with Gasteiger partial charge in [-0.25, -0.2) is 0 Å². The number of nitrogens with two attached hydrogens (primary N) is 1. The van der Waals surface area contributed by atoms with Crippen LogP contribution in [0.2, 0.25) is 0 Å². The lowest BCUT2D eigenvalue weighted by molar-refractivity contribution is -0.383. The summed E-state index contributed by atoms with van der Waals surface area (Å²) in [6.45, 7) is 8.71. The van der Waals surface area contributed by atoms with Gasteiger partial charge in [-0.15, -0.1) is 0 Å². The minimum absolute atomic E-state index is 0.0642. The summed E-state index contributed by atoms with van der Waals surface area (Å²) >= 11 is 0. The highest BCUT2D eigenvalue weighted by atomic mass is 16.6. The van der Waals surface area contributed by atoms with Gasteiger partial charge in [0, 0.05) is 13.1 Å². The number of nitro groups is 1. The Morgan fingerprint density at radius 2 is 1.97 bits per heavy atom. The smallest absolute Gasteiger partial charge is 0.353 e. The van der Waals surface area contributed by atoms with E-state index in [4.69, 9.17) is 15.2 Å². The molecule has 2 N–H and O–H groups in total. The van der Waals surface area contributed by atoms with Crippen molar-refractivity contribution in [2.75, 3.05) is 36.9 Å². The summed E-state index contributed by atoms with van der Waals surface area (Å²) in [4.78, 5) is 36.1. The number of anilines is 2. The molecule has 2 heterocycles. The predicted molar refractivity (Wildman–Crippen MR) is 137 cm³/mol. The topological polar surface area (TPSA) is 137 Å². The number of likely N-dealkylation sites (tertiary alicyclic amines) is 1. The van der Waals surface area contributed by atoms with Gasteiger partial charge in [-0.1, -0.05) is 37.6 Å². The Balaban J connectivity index is 1.96. The van der Waals surface area contributed by atoms with Crippen molar-refractivity contribution in [3.8, 4) is 6.01 Å². The molecule has 11 heteroatoms. The fraction of sp³-hybridized carbons (Fsp3) is 0.560. The van der Waals surface area contributed by atoms with E-state index in [1.165, 1.54) is 17.7 Å². The normalized spacial score (nSPS) is 14.4. The summed E-state index contributed by atoms with van der Waals surface area (Å²) in [5.74, 6) is -0.927. The Hall–Kier alpha value is -3.47. The van der Waals surface area contributed by atoms with Gasteiger partial charge in [-0.3, -0.25) is 19.8 Å². The molecule has 0 spiro atoms. The molecule has 0 radical (unpaired) electrons. The van der Waals surface area contributed by atoms with Crippen molar-refractivity contribution >= 4 is 23.3 Å². The lowest BCUT2D eigenvalue weighted by Crippen LogP contribution is -2.32. The maximum absolute atomic E-state index is 12.5. The van der Waals surface area contributed by atoms with E-state index >= 15 is 0 Å². The molecule has 0 amide bonds. The van der Waals surface area contributed by atoms with Gasteiger partial charge < -0.3 is 20.1 Å². The Labute approximate surface area is 211 Å². The molecule has 11 nitrogen and oxygen atoms in total. The fourth-order valence-corrected chi connectivity index (χ4v) is 4.35. The van der Waals surface area contributed by atoms with Crippen LogP contribution in [-0.4, -0.2) is 58.1 Å². The molecule has 196 valence electrons. The van der Waals surface area contributed by atoms with Crippen LogP contribution in [0.3, 0.4) is 0 Å². The van der Waals surface area contributed by atoms with E-state index in [0.717, 1.165) is 43.6 Å². The minimum Gasteiger partial charge on any atom is -0.465 e. The lowest BCUT2D eigenvalue weighted by Gasteiger charge is -2.24. The molecule has 0 saturated carbocycles. The number of nitrogen functional groups attached to an aromatic ring is 1. The van der Waals surface area contributed by atoms with Gasteiger partial charge in [0.1, 0.15) is 6.54 Å². The number of hydrogen-bond donors (Lipinski definition) is 1. The summed E-state index contributed by atoms with van der Waals surface area (Å²) < 4.78 is 10.9. The number of benzene rings is 1. The molecule has 2 aromatic rings. The molecule has 3 rings (SSSR count).